The number of nitrogens with zero attached hydrogens (tertiary/aromatic N) is 5. The molecule has 11 heteroatoms. The van der Waals surface area contributed by atoms with Gasteiger partial charge in [0.05, 0.1) is 19.8 Å². The Bertz CT molecular complexity index is 1480. The Morgan fingerprint density at radius 2 is 1.89 bits per heavy atom. The predicted molar refractivity (Wildman–Crippen MR) is 137 cm³/mol. The number of H-pyrrole nitrogens is 1. The maximum Gasteiger partial charge on any atom is 0.431 e. The molecule has 1 aromatic carbocycles. The fourth-order valence-electron chi connectivity index (χ4n) is 6.07. The Hall–Kier alpha value is -3.15. The number of furan rings is 1. The maximum atomic E-state index is 13.4. The zero-order valence-corrected chi connectivity index (χ0v) is 20.9. The summed E-state index contributed by atoms with van der Waals surface area (Å²) in [4.78, 5) is 19.3. The van der Waals surface area contributed by atoms with Gasteiger partial charge in [-0.3, -0.25) is 9.80 Å². The first-order chi connectivity index (χ1) is 18.4. The van der Waals surface area contributed by atoms with Crippen molar-refractivity contribution < 1.29 is 22.3 Å². The van der Waals surface area contributed by atoms with Crippen LogP contribution in [0, 0.1) is 0 Å². The van der Waals surface area contributed by atoms with Gasteiger partial charge in [-0.25, -0.2) is 9.97 Å². The molecule has 1 N–H and O–H groups in total. The monoisotopic (exact) mass is 526 g/mol. The molecule has 0 aliphatic carbocycles. The summed E-state index contributed by atoms with van der Waals surface area (Å²) >= 11 is 0. The van der Waals surface area contributed by atoms with Crippen LogP contribution in [0.3, 0.4) is 0 Å². The molecule has 3 fully saturated rings. The van der Waals surface area contributed by atoms with Gasteiger partial charge in [0.15, 0.2) is 17.2 Å². The molecule has 7 rings (SSSR count). The van der Waals surface area contributed by atoms with Crippen LogP contribution in [0.15, 0.2) is 34.7 Å². The van der Waals surface area contributed by atoms with Crippen LogP contribution in [0.25, 0.3) is 33.4 Å². The Balaban J connectivity index is 1.29. The van der Waals surface area contributed by atoms with Crippen molar-refractivity contribution in [3.05, 3.63) is 41.8 Å². The van der Waals surface area contributed by atoms with E-state index >= 15 is 0 Å². The van der Waals surface area contributed by atoms with Gasteiger partial charge >= 0.3 is 6.18 Å². The molecule has 200 valence electrons. The van der Waals surface area contributed by atoms with E-state index in [2.05, 4.69) is 19.7 Å². The van der Waals surface area contributed by atoms with Crippen molar-refractivity contribution in [2.24, 2.45) is 0 Å². The van der Waals surface area contributed by atoms with Crippen molar-refractivity contribution in [2.75, 3.05) is 57.4 Å². The minimum absolute atomic E-state index is 0.379. The summed E-state index contributed by atoms with van der Waals surface area (Å²) in [6.45, 7) is 7.44. The number of hydrogen-bond acceptors (Lipinski definition) is 7. The van der Waals surface area contributed by atoms with Crippen molar-refractivity contribution in [3.8, 4) is 11.4 Å². The number of rotatable bonds is 4. The van der Waals surface area contributed by atoms with Gasteiger partial charge in [0.25, 0.3) is 0 Å². The van der Waals surface area contributed by atoms with E-state index < -0.39 is 11.9 Å². The van der Waals surface area contributed by atoms with Crippen molar-refractivity contribution in [3.63, 3.8) is 0 Å². The maximum absolute atomic E-state index is 13.4. The number of nitrogens with one attached hydrogen (secondary N) is 1. The van der Waals surface area contributed by atoms with Gasteiger partial charge in [0.2, 0.25) is 0 Å². The molecule has 3 aliphatic heterocycles. The van der Waals surface area contributed by atoms with Crippen molar-refractivity contribution in [2.45, 2.75) is 31.6 Å². The summed E-state index contributed by atoms with van der Waals surface area (Å²) in [5.41, 5.74) is 1.43. The number of aromatic amines is 1. The number of ether oxygens (including phenoxy) is 1. The zero-order valence-electron chi connectivity index (χ0n) is 20.9. The third-order valence-corrected chi connectivity index (χ3v) is 7.98. The molecule has 38 heavy (non-hydrogen) atoms. The third kappa shape index (κ3) is 4.32. The minimum Gasteiger partial charge on any atom is -0.454 e. The summed E-state index contributed by atoms with van der Waals surface area (Å²) in [6, 6.07) is 8.84. The molecular formula is C27H29F3N6O2. The number of anilines is 1. The van der Waals surface area contributed by atoms with E-state index in [1.807, 2.05) is 6.07 Å². The summed E-state index contributed by atoms with van der Waals surface area (Å²) in [6.07, 6.45) is -1.96. The van der Waals surface area contributed by atoms with Crippen molar-refractivity contribution in [1.82, 2.24) is 24.8 Å². The fourth-order valence-corrected chi connectivity index (χ4v) is 6.07. The van der Waals surface area contributed by atoms with E-state index in [0.717, 1.165) is 31.5 Å². The Morgan fingerprint density at radius 1 is 1.03 bits per heavy atom. The number of benzene rings is 1. The zero-order chi connectivity index (χ0) is 25.9. The highest BCUT2D eigenvalue weighted by Gasteiger charge is 2.34. The number of morpholine rings is 1. The lowest BCUT2D eigenvalue weighted by Gasteiger charge is -2.37. The molecular weight excluding hydrogens is 497 g/mol. The van der Waals surface area contributed by atoms with E-state index in [0.29, 0.717) is 78.1 Å². The third-order valence-electron chi connectivity index (χ3n) is 7.98. The standard InChI is InChI=1S/C27H29F3N6O2/c28-27(29,30)23-14-20-19(4-1-5-21(20)31-23)25-32-22-13-18(16-34-7-8-35-6-2-3-17(35)15-34)38-24(22)26(33-25)36-9-11-37-12-10-36/h1,4-5,13-14,17,31H,2-3,6-12,15-16H2/t17-/m0/s1. The predicted octanol–water partition coefficient (Wildman–Crippen LogP) is 4.51. The second-order valence-electron chi connectivity index (χ2n) is 10.4. The Kier molecular flexibility index (Phi) is 5.82. The average Bonchev–Trinajstić information content (AvgIpc) is 3.65. The van der Waals surface area contributed by atoms with Crippen LogP contribution in [0.1, 0.15) is 24.3 Å². The summed E-state index contributed by atoms with van der Waals surface area (Å²) < 4.78 is 52.2. The van der Waals surface area contributed by atoms with Crippen LogP contribution in [-0.4, -0.2) is 83.3 Å². The first-order valence-electron chi connectivity index (χ1n) is 13.2. The van der Waals surface area contributed by atoms with Crippen LogP contribution < -0.4 is 4.90 Å². The molecule has 6 heterocycles. The van der Waals surface area contributed by atoms with Gasteiger partial charge in [-0.2, -0.15) is 13.2 Å². The van der Waals surface area contributed by atoms with Gasteiger partial charge in [0.1, 0.15) is 17.0 Å². The second-order valence-corrected chi connectivity index (χ2v) is 10.4. The minimum atomic E-state index is -4.47. The first kappa shape index (κ1) is 23.9. The van der Waals surface area contributed by atoms with Crippen LogP contribution in [0.5, 0.6) is 0 Å². The lowest BCUT2D eigenvalue weighted by Crippen LogP contribution is -2.49. The van der Waals surface area contributed by atoms with Gasteiger partial charge in [0, 0.05) is 61.3 Å². The molecule has 0 spiro atoms. The molecule has 0 unspecified atom stereocenters. The van der Waals surface area contributed by atoms with Crippen LogP contribution in [0.4, 0.5) is 19.0 Å². The highest BCUT2D eigenvalue weighted by atomic mass is 19.4. The van der Waals surface area contributed by atoms with Gasteiger partial charge in [-0.05, 0) is 31.5 Å². The quantitative estimate of drug-likeness (QED) is 0.420. The normalized spacial score (nSPS) is 21.6. The van der Waals surface area contributed by atoms with E-state index in [1.165, 1.54) is 19.4 Å². The largest absolute Gasteiger partial charge is 0.454 e. The molecule has 3 saturated heterocycles. The number of aromatic nitrogens is 3. The van der Waals surface area contributed by atoms with Crippen LogP contribution >= 0.6 is 0 Å². The van der Waals surface area contributed by atoms with Gasteiger partial charge in [-0.15, -0.1) is 0 Å². The van der Waals surface area contributed by atoms with E-state index in [1.54, 1.807) is 18.2 Å². The van der Waals surface area contributed by atoms with E-state index in [-0.39, 0.29) is 0 Å². The lowest BCUT2D eigenvalue weighted by atomic mass is 10.1. The smallest absolute Gasteiger partial charge is 0.431 e. The van der Waals surface area contributed by atoms with Crippen molar-refractivity contribution in [1.29, 1.82) is 0 Å². The van der Waals surface area contributed by atoms with E-state index in [4.69, 9.17) is 19.1 Å². The summed E-state index contributed by atoms with van der Waals surface area (Å²) in [5, 5.41) is 0.435. The Labute approximate surface area is 217 Å². The van der Waals surface area contributed by atoms with Gasteiger partial charge < -0.3 is 19.0 Å². The lowest BCUT2D eigenvalue weighted by molar-refractivity contribution is -0.140. The summed E-state index contributed by atoms with van der Waals surface area (Å²) in [7, 11) is 0. The Morgan fingerprint density at radius 3 is 2.74 bits per heavy atom. The van der Waals surface area contributed by atoms with Crippen LogP contribution in [0.2, 0.25) is 0 Å². The molecule has 4 aromatic rings. The molecule has 0 saturated carbocycles. The first-order valence-corrected chi connectivity index (χ1v) is 13.2. The highest BCUT2D eigenvalue weighted by molar-refractivity contribution is 5.96. The molecule has 0 amide bonds. The molecule has 0 radical (unpaired) electrons. The van der Waals surface area contributed by atoms with E-state index in [9.17, 15) is 13.2 Å². The number of halogens is 3. The average molecular weight is 527 g/mol. The molecule has 8 nitrogen and oxygen atoms in total. The fraction of sp³-hybridized carbons (Fsp3) is 0.481. The second kappa shape index (κ2) is 9.25. The number of fused-ring (bicyclic) bond motifs is 3. The molecule has 1 atom stereocenters. The number of piperazine rings is 1. The molecule has 0 bridgehead atoms. The van der Waals surface area contributed by atoms with Gasteiger partial charge in [-0.1, -0.05) is 12.1 Å². The topological polar surface area (TPSA) is 73.7 Å². The number of hydrogen-bond donors (Lipinski definition) is 1. The number of alkyl halides is 3. The van der Waals surface area contributed by atoms with Crippen molar-refractivity contribution >= 4 is 27.8 Å². The highest BCUT2D eigenvalue weighted by Crippen LogP contribution is 2.37. The SMILES string of the molecule is FC(F)(F)c1cc2c(-c3nc(N4CCOCC4)c4oc(CN5CCN6CCC[C@H]6C5)cc4n3)cccc2[nH]1. The summed E-state index contributed by atoms with van der Waals surface area (Å²) in [5.74, 6) is 1.86. The van der Waals surface area contributed by atoms with Crippen LogP contribution in [-0.2, 0) is 17.5 Å². The molecule has 3 aliphatic rings. The molecule has 3 aromatic heterocycles.